The van der Waals surface area contributed by atoms with Crippen LogP contribution in [0.4, 0.5) is 0 Å². The molecule has 6 nitrogen and oxygen atoms in total. The molecule has 0 aromatic carbocycles. The highest BCUT2D eigenvalue weighted by Crippen LogP contribution is 2.13. The predicted octanol–water partition coefficient (Wildman–Crippen LogP) is 12.2. The maximum Gasteiger partial charge on any atom is 0.306 e. The van der Waals surface area contributed by atoms with Crippen molar-refractivity contribution in [3.05, 3.63) is 37.0 Å². The molecule has 0 heterocycles. The molecule has 0 aliphatic carbocycles. The molecule has 0 bridgehead atoms. The SMILES string of the molecule is C=CCCCCCCCC(=O)OC(COC(=O)CCCCCCC/C=C\C)COC(=O)CCCCCCC/C=C\CCCCCCCC. The molecule has 0 saturated heterocycles. The normalized spacial score (nSPS) is 12.0. The zero-order valence-electron chi connectivity index (χ0n) is 31.3. The van der Waals surface area contributed by atoms with Gasteiger partial charge in [-0.1, -0.05) is 127 Å². The molecule has 0 aromatic heterocycles. The third-order valence-corrected chi connectivity index (χ3v) is 8.58. The number of unbranched alkanes of at least 4 members (excludes halogenated alkanes) is 21. The van der Waals surface area contributed by atoms with Crippen LogP contribution in [-0.2, 0) is 28.6 Å². The molecule has 0 rings (SSSR count). The van der Waals surface area contributed by atoms with Crippen LogP contribution >= 0.6 is 0 Å². The molecule has 278 valence electrons. The van der Waals surface area contributed by atoms with E-state index in [9.17, 15) is 14.4 Å². The average molecular weight is 675 g/mol. The smallest absolute Gasteiger partial charge is 0.306 e. The maximum atomic E-state index is 12.5. The Hall–Kier alpha value is -2.37. The van der Waals surface area contributed by atoms with Crippen molar-refractivity contribution in [2.45, 2.75) is 200 Å². The molecule has 0 radical (unpaired) electrons. The van der Waals surface area contributed by atoms with Crippen molar-refractivity contribution < 1.29 is 28.6 Å². The fourth-order valence-electron chi connectivity index (χ4n) is 5.53. The Balaban J connectivity index is 4.27. The number of hydrogen-bond acceptors (Lipinski definition) is 6. The summed E-state index contributed by atoms with van der Waals surface area (Å²) in [6.45, 7) is 7.87. The van der Waals surface area contributed by atoms with Gasteiger partial charge in [0.05, 0.1) is 0 Å². The molecule has 0 aliphatic rings. The highest BCUT2D eigenvalue weighted by molar-refractivity contribution is 5.71. The van der Waals surface area contributed by atoms with Crippen LogP contribution in [0.2, 0.25) is 0 Å². The fourth-order valence-corrected chi connectivity index (χ4v) is 5.53. The van der Waals surface area contributed by atoms with Gasteiger partial charge in [0.2, 0.25) is 0 Å². The molecule has 6 heteroatoms. The molecule has 0 saturated carbocycles. The van der Waals surface area contributed by atoms with Crippen molar-refractivity contribution in [3.63, 3.8) is 0 Å². The monoisotopic (exact) mass is 675 g/mol. The number of carbonyl (C=O) groups excluding carboxylic acids is 3. The Morgan fingerprint density at radius 3 is 1.31 bits per heavy atom. The molecule has 0 aliphatic heterocycles. The van der Waals surface area contributed by atoms with Gasteiger partial charge in [-0.15, -0.1) is 6.58 Å². The lowest BCUT2D eigenvalue weighted by atomic mass is 10.1. The van der Waals surface area contributed by atoms with Crippen molar-refractivity contribution in [1.82, 2.24) is 0 Å². The lowest BCUT2D eigenvalue weighted by molar-refractivity contribution is -0.167. The Kier molecular flexibility index (Phi) is 35.6. The summed E-state index contributed by atoms with van der Waals surface area (Å²) in [4.78, 5) is 37.3. The molecule has 0 N–H and O–H groups in total. The molecule has 0 fully saturated rings. The Bertz CT molecular complexity index is 817. The molecule has 48 heavy (non-hydrogen) atoms. The second kappa shape index (κ2) is 37.4. The van der Waals surface area contributed by atoms with E-state index in [1.165, 1.54) is 64.2 Å². The largest absolute Gasteiger partial charge is 0.462 e. The molecule has 0 spiro atoms. The molecule has 1 atom stereocenters. The summed E-state index contributed by atoms with van der Waals surface area (Å²) in [6.07, 6.45) is 39.1. The van der Waals surface area contributed by atoms with Gasteiger partial charge in [0.15, 0.2) is 6.10 Å². The standard InChI is InChI=1S/C42H74O6/c1-4-7-10-13-16-18-19-20-21-22-23-24-27-29-32-35-41(44)47-38-39(48-42(45)36-33-30-25-15-12-9-6-3)37-46-40(43)34-31-28-26-17-14-11-8-5-2/h5-6,8,20-21,39H,3-4,7,9-19,22-38H2,1-2H3/b8-5-,21-20-. The second-order valence-electron chi connectivity index (χ2n) is 13.3. The highest BCUT2D eigenvalue weighted by atomic mass is 16.6. The van der Waals surface area contributed by atoms with E-state index >= 15 is 0 Å². The first-order valence-electron chi connectivity index (χ1n) is 19.9. The first-order valence-corrected chi connectivity index (χ1v) is 19.9. The number of rotatable bonds is 36. The minimum atomic E-state index is -0.779. The van der Waals surface area contributed by atoms with Crippen LogP contribution in [0, 0.1) is 0 Å². The third-order valence-electron chi connectivity index (χ3n) is 8.58. The van der Waals surface area contributed by atoms with Crippen molar-refractivity contribution in [1.29, 1.82) is 0 Å². The third kappa shape index (κ3) is 35.0. The van der Waals surface area contributed by atoms with E-state index in [0.717, 1.165) is 96.3 Å². The number of esters is 3. The number of carbonyl (C=O) groups is 3. The van der Waals surface area contributed by atoms with Crippen LogP contribution in [0.15, 0.2) is 37.0 Å². The van der Waals surface area contributed by atoms with Crippen molar-refractivity contribution in [2.75, 3.05) is 13.2 Å². The number of allylic oxidation sites excluding steroid dienone is 5. The molecular weight excluding hydrogens is 600 g/mol. The van der Waals surface area contributed by atoms with E-state index in [4.69, 9.17) is 14.2 Å². The van der Waals surface area contributed by atoms with Crippen LogP contribution in [0.3, 0.4) is 0 Å². The summed E-state index contributed by atoms with van der Waals surface area (Å²) < 4.78 is 16.5. The minimum absolute atomic E-state index is 0.0866. The van der Waals surface area contributed by atoms with E-state index in [-0.39, 0.29) is 31.1 Å². The van der Waals surface area contributed by atoms with Crippen LogP contribution < -0.4 is 0 Å². The van der Waals surface area contributed by atoms with Crippen molar-refractivity contribution in [3.8, 4) is 0 Å². The van der Waals surface area contributed by atoms with Gasteiger partial charge in [-0.25, -0.2) is 0 Å². The summed E-state index contributed by atoms with van der Waals surface area (Å²) in [7, 11) is 0. The summed E-state index contributed by atoms with van der Waals surface area (Å²) in [6, 6.07) is 0. The van der Waals surface area contributed by atoms with Crippen molar-refractivity contribution in [2.24, 2.45) is 0 Å². The van der Waals surface area contributed by atoms with Crippen LogP contribution in [-0.4, -0.2) is 37.2 Å². The summed E-state index contributed by atoms with van der Waals surface area (Å²) in [5.41, 5.74) is 0. The topological polar surface area (TPSA) is 78.9 Å². The van der Waals surface area contributed by atoms with Crippen molar-refractivity contribution >= 4 is 17.9 Å². The van der Waals surface area contributed by atoms with Gasteiger partial charge in [-0.3, -0.25) is 14.4 Å². The maximum absolute atomic E-state index is 12.5. The Morgan fingerprint density at radius 1 is 0.500 bits per heavy atom. The van der Waals surface area contributed by atoms with Gasteiger partial charge in [0.1, 0.15) is 13.2 Å². The molecular formula is C42H74O6. The van der Waals surface area contributed by atoms with E-state index in [1.807, 2.05) is 13.0 Å². The van der Waals surface area contributed by atoms with E-state index in [0.29, 0.717) is 19.3 Å². The quantitative estimate of drug-likeness (QED) is 0.0285. The number of ether oxygens (including phenoxy) is 3. The predicted molar refractivity (Wildman–Crippen MR) is 201 cm³/mol. The van der Waals surface area contributed by atoms with Gasteiger partial charge in [-0.2, -0.15) is 0 Å². The first-order chi connectivity index (χ1) is 23.5. The number of hydrogen-bond donors (Lipinski definition) is 0. The molecule has 1 unspecified atom stereocenters. The first kappa shape index (κ1) is 45.6. The van der Waals surface area contributed by atoms with E-state index < -0.39 is 6.10 Å². The zero-order chi connectivity index (χ0) is 35.2. The van der Waals surface area contributed by atoms with E-state index in [1.54, 1.807) is 0 Å². The Morgan fingerprint density at radius 2 is 0.875 bits per heavy atom. The molecule has 0 amide bonds. The van der Waals surface area contributed by atoms with Crippen LogP contribution in [0.1, 0.15) is 194 Å². The lowest BCUT2D eigenvalue weighted by Gasteiger charge is -2.18. The molecule has 0 aromatic rings. The van der Waals surface area contributed by atoms with Crippen LogP contribution in [0.5, 0.6) is 0 Å². The van der Waals surface area contributed by atoms with Gasteiger partial charge in [0.25, 0.3) is 0 Å². The average Bonchev–Trinajstić information content (AvgIpc) is 3.08. The fraction of sp³-hybridized carbons (Fsp3) is 0.786. The second-order valence-corrected chi connectivity index (χ2v) is 13.3. The zero-order valence-corrected chi connectivity index (χ0v) is 31.3. The summed E-state index contributed by atoms with van der Waals surface area (Å²) >= 11 is 0. The summed E-state index contributed by atoms with van der Waals surface area (Å²) in [5, 5.41) is 0. The summed E-state index contributed by atoms with van der Waals surface area (Å²) in [5.74, 6) is -0.938. The van der Waals surface area contributed by atoms with Gasteiger partial charge in [-0.05, 0) is 77.6 Å². The minimum Gasteiger partial charge on any atom is -0.462 e. The van der Waals surface area contributed by atoms with Crippen LogP contribution in [0.25, 0.3) is 0 Å². The lowest BCUT2D eigenvalue weighted by Crippen LogP contribution is -2.30. The van der Waals surface area contributed by atoms with Gasteiger partial charge in [0, 0.05) is 19.3 Å². The Labute approximate surface area is 295 Å². The van der Waals surface area contributed by atoms with Gasteiger partial charge >= 0.3 is 17.9 Å². The highest BCUT2D eigenvalue weighted by Gasteiger charge is 2.19. The van der Waals surface area contributed by atoms with E-state index in [2.05, 4.69) is 37.8 Å². The van der Waals surface area contributed by atoms with Gasteiger partial charge < -0.3 is 14.2 Å².